The van der Waals surface area contributed by atoms with Crippen molar-refractivity contribution in [1.82, 2.24) is 5.32 Å². The molecule has 0 aromatic carbocycles. The van der Waals surface area contributed by atoms with E-state index in [1.54, 1.807) is 7.11 Å². The van der Waals surface area contributed by atoms with Gasteiger partial charge in [0, 0.05) is 33.9 Å². The first-order valence-electron chi connectivity index (χ1n) is 37.0. The standard InChI is InChI=1S/C69H135NO21P2S/c1-7-11-15-19-22-25-27-28-29-30-31-32-35-39-43-47-61(71)70-62-65(84-50-48-58(82-6)46-42-38-18-14-10-4)64(91-93(76,77)78)60(56-81-5)90-68(62)87-57-59-63(72)66(83-49-44-40-36-33-26-23-20-16-12-8-2)67(69(89-59)86-51-52-88-92(73,74)75)85-53-55-94(79,80)54-45-41-37-34-24-21-17-13-9-3/h28-29,58-60,62-69,72H,7-27,30-57H2,1-6H3,(H,70,71)(H2,73,74,75)(H2,76,77,78)/b29-28+/t58-,59-,60-,62-,63-,64-,65-,66+,67-,68-,69+/m1/s1. The number of carbonyl (C=O) groups excluding carboxylic acids is 1. The molecule has 25 heteroatoms. The fourth-order valence-electron chi connectivity index (χ4n) is 12.2. The molecule has 11 atom stereocenters. The summed E-state index contributed by atoms with van der Waals surface area (Å²) >= 11 is 0. The summed E-state index contributed by atoms with van der Waals surface area (Å²) in [6, 6.07) is -1.27. The number of ether oxygens (including phenoxy) is 9. The van der Waals surface area contributed by atoms with Crippen LogP contribution in [0.15, 0.2) is 12.2 Å². The van der Waals surface area contributed by atoms with E-state index >= 15 is 0 Å². The van der Waals surface area contributed by atoms with Crippen molar-refractivity contribution in [1.29, 1.82) is 0 Å². The summed E-state index contributed by atoms with van der Waals surface area (Å²) in [6.07, 6.45) is 32.6. The van der Waals surface area contributed by atoms with E-state index in [1.807, 2.05) is 0 Å². The second-order valence-corrected chi connectivity index (χ2v) is 30.8. The third-order valence-electron chi connectivity index (χ3n) is 17.7. The highest BCUT2D eigenvalue weighted by Gasteiger charge is 2.53. The smallest absolute Gasteiger partial charge is 0.387 e. The molecule has 0 aromatic heterocycles. The number of aliphatic hydroxyl groups excluding tert-OH is 1. The quantitative estimate of drug-likeness (QED) is 0.0187. The Morgan fingerprint density at radius 3 is 1.50 bits per heavy atom. The summed E-state index contributed by atoms with van der Waals surface area (Å²) in [5, 5.41) is 15.5. The molecule has 6 N–H and O–H groups in total. The van der Waals surface area contributed by atoms with Gasteiger partial charge in [-0.1, -0.05) is 232 Å². The monoisotopic (exact) mass is 1410 g/mol. The number of phosphoric ester groups is 2. The van der Waals surface area contributed by atoms with E-state index in [0.29, 0.717) is 25.7 Å². The van der Waals surface area contributed by atoms with Gasteiger partial charge >= 0.3 is 15.6 Å². The van der Waals surface area contributed by atoms with Gasteiger partial charge in [0.2, 0.25) is 5.91 Å². The Balaban J connectivity index is 2.50. The first-order valence-corrected chi connectivity index (χ1v) is 41.9. The molecule has 558 valence electrons. The van der Waals surface area contributed by atoms with Gasteiger partial charge in [-0.2, -0.15) is 0 Å². The number of nitrogens with one attached hydrogen (secondary N) is 1. The Labute approximate surface area is 569 Å². The molecule has 0 unspecified atom stereocenters. The molecule has 2 rings (SSSR count). The van der Waals surface area contributed by atoms with E-state index in [2.05, 4.69) is 45.2 Å². The number of allylic oxidation sites excluding steroid dienone is 2. The van der Waals surface area contributed by atoms with E-state index in [-0.39, 0.29) is 50.5 Å². The number of rotatable bonds is 65. The number of amides is 1. The molecule has 22 nitrogen and oxygen atoms in total. The number of phosphoric acid groups is 2. The molecule has 94 heavy (non-hydrogen) atoms. The largest absolute Gasteiger partial charge is 0.470 e. The Bertz CT molecular complexity index is 2040. The van der Waals surface area contributed by atoms with Crippen LogP contribution in [-0.2, 0) is 75.4 Å². The van der Waals surface area contributed by atoms with Gasteiger partial charge in [-0.3, -0.25) is 13.8 Å². The zero-order valence-electron chi connectivity index (χ0n) is 59.2. The number of methoxy groups -OCH3 is 2. The van der Waals surface area contributed by atoms with Crippen LogP contribution in [-0.4, -0.2) is 178 Å². The molecule has 2 aliphatic rings. The van der Waals surface area contributed by atoms with E-state index in [0.717, 1.165) is 128 Å². The highest BCUT2D eigenvalue weighted by atomic mass is 32.2. The molecule has 0 saturated carbocycles. The van der Waals surface area contributed by atoms with Crippen molar-refractivity contribution in [2.75, 3.05) is 72.0 Å². The topological polar surface area (TPSA) is 300 Å². The number of hydrogen-bond donors (Lipinski definition) is 6. The molecular formula is C69H135NO21P2S. The summed E-state index contributed by atoms with van der Waals surface area (Å²) in [5.41, 5.74) is 0. The third kappa shape index (κ3) is 45.0. The number of carbonyl (C=O) groups is 1. The average molecular weight is 1410 g/mol. The molecular weight excluding hydrogens is 1270 g/mol. The van der Waals surface area contributed by atoms with Gasteiger partial charge in [-0.25, -0.2) is 17.5 Å². The first kappa shape index (κ1) is 89.1. The normalized spacial score (nSPS) is 22.6. The predicted octanol–water partition coefficient (Wildman–Crippen LogP) is 14.4. The van der Waals surface area contributed by atoms with Crippen LogP contribution in [0.4, 0.5) is 0 Å². The van der Waals surface area contributed by atoms with Gasteiger partial charge in [-0.05, 0) is 57.8 Å². The van der Waals surface area contributed by atoms with Crippen molar-refractivity contribution in [2.24, 2.45) is 0 Å². The highest BCUT2D eigenvalue weighted by Crippen LogP contribution is 2.43. The lowest BCUT2D eigenvalue weighted by Gasteiger charge is -2.47. The molecule has 2 saturated heterocycles. The molecule has 2 fully saturated rings. The van der Waals surface area contributed by atoms with E-state index in [1.165, 1.54) is 103 Å². The van der Waals surface area contributed by atoms with Gasteiger partial charge < -0.3 is 72.6 Å². The number of aliphatic hydroxyl groups is 1. The van der Waals surface area contributed by atoms with Crippen LogP contribution in [0.5, 0.6) is 0 Å². The van der Waals surface area contributed by atoms with Crippen LogP contribution >= 0.6 is 15.6 Å². The Morgan fingerprint density at radius 2 is 0.968 bits per heavy atom. The molecule has 0 aliphatic carbocycles. The molecule has 0 radical (unpaired) electrons. The Morgan fingerprint density at radius 1 is 0.479 bits per heavy atom. The average Bonchev–Trinajstić information content (AvgIpc) is 0.797. The molecule has 0 spiro atoms. The van der Waals surface area contributed by atoms with Crippen LogP contribution in [0, 0.1) is 0 Å². The summed E-state index contributed by atoms with van der Waals surface area (Å²) in [6.45, 7) is 6.92. The number of unbranched alkanes of at least 4 members (excludes halogenated alkanes) is 32. The van der Waals surface area contributed by atoms with Crippen LogP contribution in [0.2, 0.25) is 0 Å². The Hall–Kier alpha value is -1.02. The summed E-state index contributed by atoms with van der Waals surface area (Å²) in [7, 11) is -10.8. The van der Waals surface area contributed by atoms with Crippen molar-refractivity contribution in [2.45, 2.75) is 352 Å². The van der Waals surface area contributed by atoms with Crippen molar-refractivity contribution in [3.63, 3.8) is 0 Å². The van der Waals surface area contributed by atoms with Crippen molar-refractivity contribution in [3.05, 3.63) is 12.2 Å². The van der Waals surface area contributed by atoms with Crippen molar-refractivity contribution in [3.8, 4) is 0 Å². The summed E-state index contributed by atoms with van der Waals surface area (Å²) in [4.78, 5) is 54.0. The number of hydrogen-bond acceptors (Lipinski definition) is 17. The fourth-order valence-corrected chi connectivity index (χ4v) is 14.3. The lowest BCUT2D eigenvalue weighted by molar-refractivity contribution is -0.331. The van der Waals surface area contributed by atoms with Crippen molar-refractivity contribution >= 4 is 31.4 Å². The zero-order valence-corrected chi connectivity index (χ0v) is 61.8. The summed E-state index contributed by atoms with van der Waals surface area (Å²) < 4.78 is 118. The minimum Gasteiger partial charge on any atom is -0.387 e. The minimum atomic E-state index is -5.26. The zero-order chi connectivity index (χ0) is 69.0. The fraction of sp³-hybridized carbons (Fsp3) is 0.957. The first-order chi connectivity index (χ1) is 45.3. The molecule has 1 amide bonds. The maximum Gasteiger partial charge on any atom is 0.470 e. The minimum absolute atomic E-state index is 0.0216. The maximum atomic E-state index is 14.2. The predicted molar refractivity (Wildman–Crippen MR) is 369 cm³/mol. The van der Waals surface area contributed by atoms with Crippen LogP contribution < -0.4 is 5.32 Å². The summed E-state index contributed by atoms with van der Waals surface area (Å²) in [5.74, 6) is -0.757. The van der Waals surface area contributed by atoms with Gasteiger partial charge in [0.15, 0.2) is 22.4 Å². The van der Waals surface area contributed by atoms with Gasteiger partial charge in [-0.15, -0.1) is 0 Å². The molecule has 0 bridgehead atoms. The van der Waals surface area contributed by atoms with Gasteiger partial charge in [0.25, 0.3) is 0 Å². The SMILES string of the molecule is CCCCCCCC/C=C/CCCCCCCC(=O)N[C@H]1[C@H](OC[C@H]2O[C@H](OCCOP(=O)(O)O)[C@H](OCCS(=O)(=O)CCCCCCCCCCC)[C@@H](OCCCCCCCCCCCC)[C@@H]2O)O[C@H](COC)[C@@H](OP(=O)(O)O)[C@@H]1OCC[C@@H](CCCCCCC)OC. The maximum absolute atomic E-state index is 14.2. The van der Waals surface area contributed by atoms with Crippen molar-refractivity contribution < 1.29 is 98.7 Å². The van der Waals surface area contributed by atoms with E-state index in [4.69, 9.17) is 51.7 Å². The molecule has 0 aromatic rings. The van der Waals surface area contributed by atoms with E-state index < -0.39 is 113 Å². The Kier molecular flexibility index (Phi) is 53.6. The lowest BCUT2D eigenvalue weighted by Crippen LogP contribution is -2.67. The second kappa shape index (κ2) is 56.6. The van der Waals surface area contributed by atoms with Crippen LogP contribution in [0.25, 0.3) is 0 Å². The van der Waals surface area contributed by atoms with Gasteiger partial charge in [0.05, 0.1) is 50.6 Å². The van der Waals surface area contributed by atoms with Crippen LogP contribution in [0.1, 0.15) is 285 Å². The van der Waals surface area contributed by atoms with Crippen LogP contribution in [0.3, 0.4) is 0 Å². The van der Waals surface area contributed by atoms with E-state index in [9.17, 15) is 47.0 Å². The molecule has 2 aliphatic heterocycles. The number of sulfone groups is 1. The lowest BCUT2D eigenvalue weighted by atomic mass is 9.95. The second-order valence-electron chi connectivity index (χ2n) is 26.1. The highest BCUT2D eigenvalue weighted by molar-refractivity contribution is 7.91. The third-order valence-corrected chi connectivity index (χ3v) is 20.4. The van der Waals surface area contributed by atoms with Gasteiger partial charge in [0.1, 0.15) is 48.8 Å². The molecule has 2 heterocycles.